The van der Waals surface area contributed by atoms with Crippen LogP contribution >= 0.6 is 0 Å². The van der Waals surface area contributed by atoms with Crippen LogP contribution in [-0.2, 0) is 32.9 Å². The molecule has 282 valence electrons. The summed E-state index contributed by atoms with van der Waals surface area (Å²) in [5.41, 5.74) is 5.44. The minimum absolute atomic E-state index is 0.283. The summed E-state index contributed by atoms with van der Waals surface area (Å²) in [5, 5.41) is 11.7. The van der Waals surface area contributed by atoms with Crippen LogP contribution < -0.4 is 20.1 Å². The average molecular weight is 773 g/mol. The van der Waals surface area contributed by atoms with Crippen molar-refractivity contribution in [3.63, 3.8) is 0 Å². The summed E-state index contributed by atoms with van der Waals surface area (Å²) in [6.07, 6.45) is 5.72. The van der Waals surface area contributed by atoms with Gasteiger partial charge in [0.25, 0.3) is 20.0 Å². The molecule has 0 aliphatic carbocycles. The van der Waals surface area contributed by atoms with E-state index in [1.54, 1.807) is 36.4 Å². The molecule has 0 bridgehead atoms. The summed E-state index contributed by atoms with van der Waals surface area (Å²) in [7, 11) is -5.48. The van der Waals surface area contributed by atoms with E-state index >= 15 is 0 Å². The maximum absolute atomic E-state index is 13.1. The highest BCUT2D eigenvalue weighted by Gasteiger charge is 2.19. The SMILES string of the molecule is CCNCCc1c[nH]c2ccc(NS(=O)(=O)c3cccc4ccccc34)cc12.CNCCc1c[nH]c2ccc(NS(=O)(=O)c3cccc4ccccc34)cc12. The van der Waals surface area contributed by atoms with Crippen LogP contribution in [0.5, 0.6) is 0 Å². The Morgan fingerprint density at radius 2 is 0.982 bits per heavy atom. The van der Waals surface area contributed by atoms with Crippen molar-refractivity contribution in [1.82, 2.24) is 20.6 Å². The van der Waals surface area contributed by atoms with Crippen molar-refractivity contribution in [2.45, 2.75) is 29.6 Å². The lowest BCUT2D eigenvalue weighted by Crippen LogP contribution is -2.16. The topological polar surface area (TPSA) is 148 Å². The standard InChI is InChI=1S/C22H23N3O2S.C21H21N3O2S/c1-2-23-13-12-17-15-24-21-11-10-18(14-20(17)21)25-28(26,27)22-9-5-7-16-6-3-4-8-19(16)22;1-22-12-11-16-14-23-20-10-9-17(13-19(16)20)24-27(25,26)21-8-4-6-15-5-2-3-7-18(15)21/h3-11,14-15,23-25H,2,12-13H2,1H3;2-10,13-14,22-24H,11-12H2,1H3. The molecule has 0 fully saturated rings. The molecule has 0 radical (unpaired) electrons. The van der Waals surface area contributed by atoms with Gasteiger partial charge in [0, 0.05) is 56.3 Å². The van der Waals surface area contributed by atoms with Crippen LogP contribution in [0.4, 0.5) is 11.4 Å². The molecule has 10 nitrogen and oxygen atoms in total. The van der Waals surface area contributed by atoms with Gasteiger partial charge in [-0.25, -0.2) is 16.8 Å². The van der Waals surface area contributed by atoms with E-state index in [0.29, 0.717) is 22.1 Å². The summed E-state index contributed by atoms with van der Waals surface area (Å²) >= 11 is 0. The number of nitrogens with one attached hydrogen (secondary N) is 6. The second kappa shape index (κ2) is 16.4. The monoisotopic (exact) mass is 772 g/mol. The number of fused-ring (bicyclic) bond motifs is 4. The van der Waals surface area contributed by atoms with Crippen LogP contribution in [0.25, 0.3) is 43.4 Å². The van der Waals surface area contributed by atoms with Crippen LogP contribution in [0.1, 0.15) is 18.1 Å². The highest BCUT2D eigenvalue weighted by atomic mass is 32.2. The van der Waals surface area contributed by atoms with Gasteiger partial charge >= 0.3 is 0 Å². The molecule has 0 saturated heterocycles. The predicted octanol–water partition coefficient (Wildman–Crippen LogP) is 8.16. The first-order valence-electron chi connectivity index (χ1n) is 18.2. The van der Waals surface area contributed by atoms with Gasteiger partial charge in [-0.2, -0.15) is 0 Å². The Kier molecular flexibility index (Phi) is 11.2. The molecule has 0 amide bonds. The van der Waals surface area contributed by atoms with Crippen molar-refractivity contribution >= 4 is 74.8 Å². The highest BCUT2D eigenvalue weighted by Crippen LogP contribution is 2.29. The minimum atomic E-state index is -3.70. The van der Waals surface area contributed by atoms with Crippen LogP contribution in [-0.4, -0.2) is 53.5 Å². The number of likely N-dealkylation sites (N-methyl/N-ethyl adjacent to an activating group) is 2. The van der Waals surface area contributed by atoms with Crippen molar-refractivity contribution in [2.75, 3.05) is 36.1 Å². The van der Waals surface area contributed by atoms with Crippen LogP contribution in [0.15, 0.2) is 144 Å². The maximum Gasteiger partial charge on any atom is 0.262 e. The van der Waals surface area contributed by atoms with Crippen molar-refractivity contribution < 1.29 is 16.8 Å². The number of aromatic nitrogens is 2. The second-order valence-corrected chi connectivity index (χ2v) is 16.6. The first kappa shape index (κ1) is 37.6. The Morgan fingerprint density at radius 1 is 0.527 bits per heavy atom. The van der Waals surface area contributed by atoms with E-state index in [1.165, 1.54) is 5.56 Å². The average Bonchev–Trinajstić information content (AvgIpc) is 3.79. The molecule has 8 aromatic rings. The predicted molar refractivity (Wildman–Crippen MR) is 226 cm³/mol. The molecule has 0 aliphatic rings. The van der Waals surface area contributed by atoms with E-state index < -0.39 is 20.0 Å². The maximum atomic E-state index is 13.1. The minimum Gasteiger partial charge on any atom is -0.361 e. The highest BCUT2D eigenvalue weighted by molar-refractivity contribution is 7.93. The van der Waals surface area contributed by atoms with Crippen molar-refractivity contribution in [1.29, 1.82) is 0 Å². The van der Waals surface area contributed by atoms with Crippen molar-refractivity contribution in [3.8, 4) is 0 Å². The molecule has 12 heteroatoms. The fraction of sp³-hybridized carbons (Fsp3) is 0.163. The molecule has 0 spiro atoms. The molecule has 2 heterocycles. The summed E-state index contributed by atoms with van der Waals surface area (Å²) in [6.45, 7) is 4.75. The molecule has 0 atom stereocenters. The third-order valence-electron chi connectivity index (χ3n) is 9.58. The summed E-state index contributed by atoms with van der Waals surface area (Å²) in [6, 6.07) is 36.8. The van der Waals surface area contributed by atoms with Gasteiger partial charge in [0.15, 0.2) is 0 Å². The van der Waals surface area contributed by atoms with E-state index in [-0.39, 0.29) is 9.79 Å². The van der Waals surface area contributed by atoms with Crippen LogP contribution in [0.2, 0.25) is 0 Å². The van der Waals surface area contributed by atoms with Gasteiger partial charge in [-0.3, -0.25) is 9.44 Å². The molecule has 2 aromatic heterocycles. The first-order chi connectivity index (χ1) is 26.7. The van der Waals surface area contributed by atoms with Gasteiger partial charge in [-0.05, 0) is 110 Å². The molecule has 8 rings (SSSR count). The smallest absolute Gasteiger partial charge is 0.262 e. The number of benzene rings is 6. The molecule has 6 N–H and O–H groups in total. The zero-order valence-corrected chi connectivity index (χ0v) is 32.3. The van der Waals surface area contributed by atoms with E-state index in [1.807, 2.05) is 104 Å². The lowest BCUT2D eigenvalue weighted by Gasteiger charge is -2.11. The summed E-state index contributed by atoms with van der Waals surface area (Å²) < 4.78 is 57.6. The zero-order valence-electron chi connectivity index (χ0n) is 30.7. The lowest BCUT2D eigenvalue weighted by atomic mass is 10.1. The number of hydrogen-bond acceptors (Lipinski definition) is 6. The van der Waals surface area contributed by atoms with Crippen molar-refractivity contribution in [2.24, 2.45) is 0 Å². The third-order valence-corrected chi connectivity index (χ3v) is 12.5. The Bertz CT molecular complexity index is 2820. The molecule has 0 unspecified atom stereocenters. The van der Waals surface area contributed by atoms with Crippen LogP contribution in [0, 0.1) is 0 Å². The van der Waals surface area contributed by atoms with Gasteiger partial charge in [0.05, 0.1) is 9.79 Å². The van der Waals surface area contributed by atoms with Gasteiger partial charge in [-0.15, -0.1) is 0 Å². The van der Waals surface area contributed by atoms with E-state index in [4.69, 9.17) is 0 Å². The molecule has 0 saturated carbocycles. The molecular weight excluding hydrogens is 729 g/mol. The Labute approximate surface area is 321 Å². The normalized spacial score (nSPS) is 11.9. The van der Waals surface area contributed by atoms with Gasteiger partial charge in [0.1, 0.15) is 0 Å². The number of aromatic amines is 2. The lowest BCUT2D eigenvalue weighted by molar-refractivity contribution is 0.600. The quantitative estimate of drug-likeness (QED) is 0.0652. The Hall–Kier alpha value is -5.66. The first-order valence-corrected chi connectivity index (χ1v) is 21.2. The number of hydrogen-bond donors (Lipinski definition) is 6. The molecular formula is C43H44N6O4S2. The molecule has 0 aliphatic heterocycles. The number of H-pyrrole nitrogens is 2. The van der Waals surface area contributed by atoms with Crippen LogP contribution in [0.3, 0.4) is 0 Å². The molecule has 6 aromatic carbocycles. The Morgan fingerprint density at radius 3 is 1.45 bits per heavy atom. The van der Waals surface area contributed by atoms with Gasteiger partial charge in [0.2, 0.25) is 0 Å². The summed E-state index contributed by atoms with van der Waals surface area (Å²) in [5.74, 6) is 0. The van der Waals surface area contributed by atoms with E-state index in [0.717, 1.165) is 70.6 Å². The number of anilines is 2. The van der Waals surface area contributed by atoms with E-state index in [2.05, 4.69) is 37.0 Å². The number of rotatable bonds is 13. The molecule has 55 heavy (non-hydrogen) atoms. The largest absolute Gasteiger partial charge is 0.361 e. The third kappa shape index (κ3) is 8.37. The number of sulfonamides is 2. The van der Waals surface area contributed by atoms with E-state index in [9.17, 15) is 16.8 Å². The summed E-state index contributed by atoms with van der Waals surface area (Å²) in [4.78, 5) is 7.06. The fourth-order valence-electron chi connectivity index (χ4n) is 6.84. The van der Waals surface area contributed by atoms with Crippen molar-refractivity contribution in [3.05, 3.63) is 145 Å². The van der Waals surface area contributed by atoms with Gasteiger partial charge < -0.3 is 20.6 Å². The zero-order chi connectivity index (χ0) is 38.4. The second-order valence-electron chi connectivity index (χ2n) is 13.3. The van der Waals surface area contributed by atoms with Gasteiger partial charge in [-0.1, -0.05) is 79.7 Å². The Balaban J connectivity index is 0.000000169. The fourth-order valence-corrected chi connectivity index (χ4v) is 9.40.